The Labute approximate surface area is 101 Å². The average molecular weight is 231 g/mol. The minimum Gasteiger partial charge on any atom is -0.276 e. The Morgan fingerprint density at radius 1 is 1.47 bits per heavy atom. The smallest absolute Gasteiger partial charge is 0.0643 e. The van der Waals surface area contributed by atoms with E-state index in [1.807, 2.05) is 38.4 Å². The van der Waals surface area contributed by atoms with Gasteiger partial charge in [0.05, 0.1) is 11.7 Å². The van der Waals surface area contributed by atoms with E-state index in [1.165, 1.54) is 0 Å². The Bertz CT molecular complexity index is 491. The van der Waals surface area contributed by atoms with E-state index in [-0.39, 0.29) is 6.04 Å². The summed E-state index contributed by atoms with van der Waals surface area (Å²) >= 11 is 0. The van der Waals surface area contributed by atoms with Crippen LogP contribution in [0.1, 0.15) is 23.0 Å². The molecule has 2 heterocycles. The van der Waals surface area contributed by atoms with Gasteiger partial charge in [-0.1, -0.05) is 0 Å². The highest BCUT2D eigenvalue weighted by Gasteiger charge is 2.12. The van der Waals surface area contributed by atoms with Crippen LogP contribution in [0.3, 0.4) is 0 Å². The van der Waals surface area contributed by atoms with Crippen molar-refractivity contribution in [1.29, 1.82) is 0 Å². The SMILES string of the molecule is Cc1cc(C(Cc2ccn(C)n2)NN)ccn1. The number of hydrazine groups is 1. The standard InChI is InChI=1S/C12H17N5/c1-9-7-10(3-5-14-9)12(15-13)8-11-4-6-17(2)16-11/h3-7,12,15H,8,13H2,1-2H3. The van der Waals surface area contributed by atoms with Crippen LogP contribution in [0.15, 0.2) is 30.6 Å². The van der Waals surface area contributed by atoms with Gasteiger partial charge in [-0.25, -0.2) is 0 Å². The van der Waals surface area contributed by atoms with Crippen LogP contribution in [0.25, 0.3) is 0 Å². The second kappa shape index (κ2) is 5.07. The number of nitrogens with one attached hydrogen (secondary N) is 1. The first-order chi connectivity index (χ1) is 8.19. The Balaban J connectivity index is 2.16. The average Bonchev–Trinajstić information content (AvgIpc) is 2.72. The van der Waals surface area contributed by atoms with Crippen molar-refractivity contribution in [3.63, 3.8) is 0 Å². The van der Waals surface area contributed by atoms with Crippen LogP contribution < -0.4 is 11.3 Å². The van der Waals surface area contributed by atoms with Crippen molar-refractivity contribution in [2.75, 3.05) is 0 Å². The molecule has 2 aromatic rings. The molecule has 17 heavy (non-hydrogen) atoms. The van der Waals surface area contributed by atoms with Gasteiger partial charge in [0, 0.05) is 31.6 Å². The summed E-state index contributed by atoms with van der Waals surface area (Å²) in [5, 5.41) is 4.35. The number of rotatable bonds is 4. The molecular weight excluding hydrogens is 214 g/mol. The van der Waals surface area contributed by atoms with Crippen molar-refractivity contribution in [3.8, 4) is 0 Å². The maximum Gasteiger partial charge on any atom is 0.0643 e. The van der Waals surface area contributed by atoms with Crippen LogP contribution in [0.5, 0.6) is 0 Å². The van der Waals surface area contributed by atoms with E-state index in [2.05, 4.69) is 15.5 Å². The quantitative estimate of drug-likeness (QED) is 0.605. The summed E-state index contributed by atoms with van der Waals surface area (Å²) in [4.78, 5) is 4.18. The van der Waals surface area contributed by atoms with E-state index >= 15 is 0 Å². The molecule has 1 unspecified atom stereocenters. The van der Waals surface area contributed by atoms with Crippen LogP contribution in [0.2, 0.25) is 0 Å². The van der Waals surface area contributed by atoms with E-state index in [0.717, 1.165) is 23.4 Å². The van der Waals surface area contributed by atoms with Crippen molar-refractivity contribution >= 4 is 0 Å². The summed E-state index contributed by atoms with van der Waals surface area (Å²) in [6.07, 6.45) is 4.49. The van der Waals surface area contributed by atoms with Crippen LogP contribution in [0, 0.1) is 6.92 Å². The number of aryl methyl sites for hydroxylation is 2. The van der Waals surface area contributed by atoms with Gasteiger partial charge in [0.15, 0.2) is 0 Å². The summed E-state index contributed by atoms with van der Waals surface area (Å²) in [5.41, 5.74) is 5.96. The van der Waals surface area contributed by atoms with E-state index in [1.54, 1.807) is 10.9 Å². The second-order valence-corrected chi connectivity index (χ2v) is 4.13. The largest absolute Gasteiger partial charge is 0.276 e. The molecule has 3 N–H and O–H groups in total. The third-order valence-electron chi connectivity index (χ3n) is 2.71. The van der Waals surface area contributed by atoms with Crippen LogP contribution in [0.4, 0.5) is 0 Å². The molecule has 0 saturated carbocycles. The lowest BCUT2D eigenvalue weighted by Gasteiger charge is -2.15. The lowest BCUT2D eigenvalue weighted by Crippen LogP contribution is -2.29. The predicted octanol–water partition coefficient (Wildman–Crippen LogP) is 0.871. The van der Waals surface area contributed by atoms with Gasteiger partial charge in [-0.05, 0) is 30.7 Å². The number of hydrogen-bond donors (Lipinski definition) is 2. The first-order valence-corrected chi connectivity index (χ1v) is 5.56. The highest BCUT2D eigenvalue weighted by atomic mass is 15.3. The summed E-state index contributed by atoms with van der Waals surface area (Å²) in [6.45, 7) is 1.97. The van der Waals surface area contributed by atoms with Crippen molar-refractivity contribution in [2.24, 2.45) is 12.9 Å². The molecule has 1 atom stereocenters. The molecule has 0 amide bonds. The normalized spacial score (nSPS) is 12.6. The number of nitrogens with two attached hydrogens (primary N) is 1. The number of aromatic nitrogens is 3. The molecule has 5 heteroatoms. The predicted molar refractivity (Wildman–Crippen MR) is 66.0 cm³/mol. The van der Waals surface area contributed by atoms with Gasteiger partial charge in [-0.15, -0.1) is 0 Å². The zero-order valence-electron chi connectivity index (χ0n) is 10.1. The maximum atomic E-state index is 5.60. The summed E-state index contributed by atoms with van der Waals surface area (Å²) in [5.74, 6) is 5.60. The van der Waals surface area contributed by atoms with Gasteiger partial charge in [0.2, 0.25) is 0 Å². The molecule has 0 aliphatic rings. The fourth-order valence-corrected chi connectivity index (χ4v) is 1.84. The first-order valence-electron chi connectivity index (χ1n) is 5.56. The highest BCUT2D eigenvalue weighted by Crippen LogP contribution is 2.16. The molecular formula is C12H17N5. The highest BCUT2D eigenvalue weighted by molar-refractivity contribution is 5.21. The van der Waals surface area contributed by atoms with Crippen molar-refractivity contribution < 1.29 is 0 Å². The molecule has 0 bridgehead atoms. The Hall–Kier alpha value is -1.72. The zero-order valence-corrected chi connectivity index (χ0v) is 10.1. The fraction of sp³-hybridized carbons (Fsp3) is 0.333. The molecule has 0 fully saturated rings. The number of pyridine rings is 1. The summed E-state index contributed by atoms with van der Waals surface area (Å²) in [7, 11) is 1.91. The maximum absolute atomic E-state index is 5.60. The van der Waals surface area contributed by atoms with Crippen molar-refractivity contribution in [2.45, 2.75) is 19.4 Å². The Kier molecular flexibility index (Phi) is 3.51. The molecule has 0 radical (unpaired) electrons. The van der Waals surface area contributed by atoms with Gasteiger partial charge < -0.3 is 0 Å². The van der Waals surface area contributed by atoms with Gasteiger partial charge >= 0.3 is 0 Å². The van der Waals surface area contributed by atoms with E-state index in [9.17, 15) is 0 Å². The van der Waals surface area contributed by atoms with Gasteiger partial charge in [0.1, 0.15) is 0 Å². The van der Waals surface area contributed by atoms with Crippen LogP contribution in [-0.4, -0.2) is 14.8 Å². The van der Waals surface area contributed by atoms with E-state index in [0.29, 0.717) is 0 Å². The van der Waals surface area contributed by atoms with Crippen molar-refractivity contribution in [1.82, 2.24) is 20.2 Å². The Morgan fingerprint density at radius 3 is 2.88 bits per heavy atom. The lowest BCUT2D eigenvalue weighted by atomic mass is 10.0. The molecule has 90 valence electrons. The molecule has 0 aliphatic carbocycles. The molecule has 0 saturated heterocycles. The zero-order chi connectivity index (χ0) is 12.3. The third-order valence-corrected chi connectivity index (χ3v) is 2.71. The molecule has 5 nitrogen and oxygen atoms in total. The fourth-order valence-electron chi connectivity index (χ4n) is 1.84. The van der Waals surface area contributed by atoms with Crippen LogP contribution in [-0.2, 0) is 13.5 Å². The number of hydrogen-bond acceptors (Lipinski definition) is 4. The number of nitrogens with zero attached hydrogens (tertiary/aromatic N) is 3. The van der Waals surface area contributed by atoms with E-state index < -0.39 is 0 Å². The minimum absolute atomic E-state index is 0.0617. The molecule has 0 spiro atoms. The molecule has 2 aromatic heterocycles. The summed E-state index contributed by atoms with van der Waals surface area (Å²) < 4.78 is 1.79. The van der Waals surface area contributed by atoms with Crippen LogP contribution >= 0.6 is 0 Å². The van der Waals surface area contributed by atoms with Gasteiger partial charge in [0.25, 0.3) is 0 Å². The lowest BCUT2D eigenvalue weighted by molar-refractivity contribution is 0.540. The monoisotopic (exact) mass is 231 g/mol. The molecule has 0 aromatic carbocycles. The van der Waals surface area contributed by atoms with E-state index in [4.69, 9.17) is 5.84 Å². The molecule has 0 aliphatic heterocycles. The minimum atomic E-state index is 0.0617. The van der Waals surface area contributed by atoms with Crippen molar-refractivity contribution in [3.05, 3.63) is 47.5 Å². The van der Waals surface area contributed by atoms with Gasteiger partial charge in [-0.2, -0.15) is 5.10 Å². The third kappa shape index (κ3) is 2.89. The topological polar surface area (TPSA) is 68.8 Å². The van der Waals surface area contributed by atoms with Gasteiger partial charge in [-0.3, -0.25) is 20.9 Å². The summed E-state index contributed by atoms with van der Waals surface area (Å²) in [6, 6.07) is 6.07. The molecule has 2 rings (SSSR count). The second-order valence-electron chi connectivity index (χ2n) is 4.13. The first kappa shape index (κ1) is 11.8. The Morgan fingerprint density at radius 2 is 2.29 bits per heavy atom.